The number of aromatic nitrogens is 4. The summed E-state index contributed by atoms with van der Waals surface area (Å²) in [7, 11) is 7.43. The Balaban J connectivity index is 2.76. The van der Waals surface area contributed by atoms with Crippen LogP contribution in [0.5, 0.6) is 0 Å². The lowest BCUT2D eigenvalue weighted by Crippen LogP contribution is -2.44. The van der Waals surface area contributed by atoms with Crippen molar-refractivity contribution >= 4 is 23.4 Å². The molecule has 0 atom stereocenters. The van der Waals surface area contributed by atoms with Crippen molar-refractivity contribution in [1.29, 1.82) is 0 Å². The van der Waals surface area contributed by atoms with Gasteiger partial charge in [0, 0.05) is 39.3 Å². The fraction of sp³-hybridized carbons (Fsp3) is 0.600. The van der Waals surface area contributed by atoms with Gasteiger partial charge in [0.1, 0.15) is 21.4 Å². The molecule has 0 aromatic carbocycles. The van der Waals surface area contributed by atoms with Gasteiger partial charge in [-0.15, -0.1) is 0 Å². The van der Waals surface area contributed by atoms with E-state index in [0.717, 1.165) is 20.9 Å². The lowest BCUT2D eigenvalue weighted by molar-refractivity contribution is 0.375. The van der Waals surface area contributed by atoms with Crippen LogP contribution in [-0.4, -0.2) is 69.3 Å². The quantitative estimate of drug-likeness (QED) is 0.427. The van der Waals surface area contributed by atoms with Crippen LogP contribution in [0.25, 0.3) is 0 Å². The SMILES string of the molecule is CCn1c(=O)c(Sc2c(N)n(CCN(C)C)c(=O)n(CC)c2=O)c(N)n(CCN(C)C)c1=O. The summed E-state index contributed by atoms with van der Waals surface area (Å²) in [4.78, 5) is 55.7. The van der Waals surface area contributed by atoms with Gasteiger partial charge in [-0.25, -0.2) is 9.59 Å². The average molecular weight is 483 g/mol. The van der Waals surface area contributed by atoms with Crippen molar-refractivity contribution in [3.05, 3.63) is 41.7 Å². The lowest BCUT2D eigenvalue weighted by atomic mass is 10.4. The number of nitrogen functional groups attached to an aromatic ring is 2. The van der Waals surface area contributed by atoms with Crippen LogP contribution in [-0.2, 0) is 26.2 Å². The van der Waals surface area contributed by atoms with E-state index in [1.54, 1.807) is 13.8 Å². The van der Waals surface area contributed by atoms with E-state index < -0.39 is 22.5 Å². The van der Waals surface area contributed by atoms with Gasteiger partial charge >= 0.3 is 11.4 Å². The van der Waals surface area contributed by atoms with Crippen LogP contribution in [0, 0.1) is 0 Å². The van der Waals surface area contributed by atoms with Crippen LogP contribution >= 0.6 is 11.8 Å². The molecule has 0 aliphatic heterocycles. The molecule has 2 aromatic rings. The van der Waals surface area contributed by atoms with Gasteiger partial charge in [0.25, 0.3) is 11.1 Å². The van der Waals surface area contributed by atoms with Gasteiger partial charge in [0.2, 0.25) is 0 Å². The van der Waals surface area contributed by atoms with Gasteiger partial charge in [-0.1, -0.05) is 11.8 Å². The van der Waals surface area contributed by atoms with Crippen molar-refractivity contribution in [3.8, 4) is 0 Å². The van der Waals surface area contributed by atoms with Crippen LogP contribution < -0.4 is 34.0 Å². The zero-order valence-corrected chi connectivity index (χ0v) is 20.9. The van der Waals surface area contributed by atoms with E-state index in [0.29, 0.717) is 13.1 Å². The van der Waals surface area contributed by atoms with E-state index in [1.165, 1.54) is 9.13 Å². The van der Waals surface area contributed by atoms with Crippen LogP contribution in [0.4, 0.5) is 11.6 Å². The fourth-order valence-corrected chi connectivity index (χ4v) is 4.29. The first-order valence-corrected chi connectivity index (χ1v) is 11.5. The Hall–Kier alpha value is -2.77. The maximum absolute atomic E-state index is 13.1. The Morgan fingerprint density at radius 1 is 0.667 bits per heavy atom. The summed E-state index contributed by atoms with van der Waals surface area (Å²) < 4.78 is 4.80. The molecule has 33 heavy (non-hydrogen) atoms. The second-order valence-corrected chi connectivity index (χ2v) is 9.13. The van der Waals surface area contributed by atoms with E-state index in [2.05, 4.69) is 0 Å². The molecule has 0 spiro atoms. The Morgan fingerprint density at radius 2 is 1.00 bits per heavy atom. The molecule has 12 nitrogen and oxygen atoms in total. The van der Waals surface area contributed by atoms with Crippen LogP contribution in [0.1, 0.15) is 13.8 Å². The minimum Gasteiger partial charge on any atom is -0.384 e. The molecule has 2 aromatic heterocycles. The number of nitrogens with two attached hydrogens (primary N) is 2. The number of hydrogen-bond acceptors (Lipinski definition) is 9. The average Bonchev–Trinajstić information content (AvgIpc) is 2.73. The molecule has 0 fully saturated rings. The van der Waals surface area contributed by atoms with Gasteiger partial charge in [-0.2, -0.15) is 0 Å². The smallest absolute Gasteiger partial charge is 0.332 e. The predicted molar refractivity (Wildman–Crippen MR) is 131 cm³/mol. The van der Waals surface area contributed by atoms with Crippen molar-refractivity contribution in [1.82, 2.24) is 28.1 Å². The highest BCUT2D eigenvalue weighted by Gasteiger charge is 2.23. The van der Waals surface area contributed by atoms with Crippen molar-refractivity contribution < 1.29 is 0 Å². The first-order valence-electron chi connectivity index (χ1n) is 10.7. The minimum absolute atomic E-state index is 0.0273. The van der Waals surface area contributed by atoms with Crippen molar-refractivity contribution in [2.75, 3.05) is 52.7 Å². The predicted octanol–water partition coefficient (Wildman–Crippen LogP) is -1.19. The normalized spacial score (nSPS) is 11.6. The Bertz CT molecular complexity index is 1140. The standard InChI is InChI=1S/C20H34N8O4S/c1-7-25-17(29)13(15(21)27(19(25)31)11-9-23(3)4)33-14-16(22)28(12-10-24(5)6)20(32)26(8-2)18(14)30/h7-12,21-22H2,1-6H3. The molecule has 2 rings (SSSR count). The Morgan fingerprint density at radius 3 is 1.27 bits per heavy atom. The topological polar surface area (TPSA) is 147 Å². The van der Waals surface area contributed by atoms with Crippen molar-refractivity contribution in [3.63, 3.8) is 0 Å². The van der Waals surface area contributed by atoms with Gasteiger partial charge in [0.15, 0.2) is 0 Å². The minimum atomic E-state index is -0.598. The largest absolute Gasteiger partial charge is 0.384 e. The highest BCUT2D eigenvalue weighted by atomic mass is 32.2. The number of rotatable bonds is 10. The van der Waals surface area contributed by atoms with Crippen LogP contribution in [0.2, 0.25) is 0 Å². The highest BCUT2D eigenvalue weighted by molar-refractivity contribution is 7.99. The summed E-state index contributed by atoms with van der Waals surface area (Å²) in [6, 6.07) is 0. The molecule has 13 heteroatoms. The molecule has 0 saturated heterocycles. The summed E-state index contributed by atoms with van der Waals surface area (Å²) >= 11 is 0.804. The first-order chi connectivity index (χ1) is 15.5. The third-order valence-corrected chi connectivity index (χ3v) is 6.40. The Labute approximate surface area is 196 Å². The van der Waals surface area contributed by atoms with Crippen LogP contribution in [0.15, 0.2) is 29.0 Å². The number of nitrogens with zero attached hydrogens (tertiary/aromatic N) is 6. The molecule has 0 amide bonds. The number of likely N-dealkylation sites (N-methyl/N-ethyl adjacent to an activating group) is 2. The van der Waals surface area contributed by atoms with E-state index in [9.17, 15) is 19.2 Å². The third kappa shape index (κ3) is 5.42. The van der Waals surface area contributed by atoms with Gasteiger partial charge in [-0.3, -0.25) is 27.9 Å². The van der Waals surface area contributed by atoms with Crippen molar-refractivity contribution in [2.45, 2.75) is 49.8 Å². The second kappa shape index (κ2) is 10.9. The second-order valence-electron chi connectivity index (χ2n) is 8.10. The molecular weight excluding hydrogens is 448 g/mol. The molecule has 2 heterocycles. The fourth-order valence-electron chi connectivity index (χ4n) is 3.26. The summed E-state index contributed by atoms with van der Waals surface area (Å²) in [6.45, 7) is 5.24. The van der Waals surface area contributed by atoms with E-state index in [4.69, 9.17) is 11.5 Å². The molecule has 0 radical (unpaired) electrons. The maximum atomic E-state index is 13.1. The Kier molecular flexibility index (Phi) is 8.75. The van der Waals surface area contributed by atoms with E-state index >= 15 is 0 Å². The molecule has 0 bridgehead atoms. The summed E-state index contributed by atoms with van der Waals surface area (Å²) in [6.07, 6.45) is 0. The van der Waals surface area contributed by atoms with Gasteiger partial charge in [-0.05, 0) is 42.0 Å². The van der Waals surface area contributed by atoms with Gasteiger partial charge < -0.3 is 21.3 Å². The zero-order chi connectivity index (χ0) is 25.0. The number of anilines is 2. The highest BCUT2D eigenvalue weighted by Crippen LogP contribution is 2.29. The molecule has 0 aliphatic rings. The lowest BCUT2D eigenvalue weighted by Gasteiger charge is -2.19. The van der Waals surface area contributed by atoms with Gasteiger partial charge in [0.05, 0.1) is 0 Å². The number of hydrogen-bond donors (Lipinski definition) is 2. The van der Waals surface area contributed by atoms with E-state index in [1.807, 2.05) is 38.0 Å². The summed E-state index contributed by atoms with van der Waals surface area (Å²) in [5, 5.41) is 0. The monoisotopic (exact) mass is 482 g/mol. The third-order valence-electron chi connectivity index (χ3n) is 5.23. The van der Waals surface area contributed by atoms with Crippen LogP contribution in [0.3, 0.4) is 0 Å². The molecule has 184 valence electrons. The molecular formula is C20H34N8O4S. The maximum Gasteiger partial charge on any atom is 0.332 e. The summed E-state index contributed by atoms with van der Waals surface area (Å²) in [5.74, 6) is -0.0659. The molecule has 0 unspecified atom stereocenters. The van der Waals surface area contributed by atoms with E-state index in [-0.39, 0.29) is 47.6 Å². The van der Waals surface area contributed by atoms with Crippen molar-refractivity contribution in [2.24, 2.45) is 0 Å². The summed E-state index contributed by atoms with van der Waals surface area (Å²) in [5.41, 5.74) is 10.3. The first kappa shape index (κ1) is 26.5. The molecule has 4 N–H and O–H groups in total. The zero-order valence-electron chi connectivity index (χ0n) is 20.1. The molecule has 0 saturated carbocycles. The molecule has 0 aliphatic carbocycles.